The van der Waals surface area contributed by atoms with Gasteiger partial charge in [0.2, 0.25) is 0 Å². The zero-order valence-electron chi connectivity index (χ0n) is 11.9. The van der Waals surface area contributed by atoms with Gasteiger partial charge in [-0.05, 0) is 38.0 Å². The molecule has 4 heteroatoms. The third-order valence-electron chi connectivity index (χ3n) is 3.49. The fraction of sp³-hybridized carbons (Fsp3) is 0.533. The van der Waals surface area contributed by atoms with Gasteiger partial charge in [-0.3, -0.25) is 10.1 Å². The molecule has 1 aliphatic heterocycles. The Kier molecular flexibility index (Phi) is 3.80. The summed E-state index contributed by atoms with van der Waals surface area (Å²) in [5, 5.41) is 3.30. The van der Waals surface area contributed by atoms with Crippen molar-refractivity contribution in [2.75, 3.05) is 13.7 Å². The van der Waals surface area contributed by atoms with E-state index in [0.717, 1.165) is 24.3 Å². The Hall–Kier alpha value is -1.55. The molecular weight excluding hydrogens is 242 g/mol. The molecular formula is C15H21NO3. The van der Waals surface area contributed by atoms with E-state index in [2.05, 4.69) is 11.4 Å². The average molecular weight is 263 g/mol. The minimum absolute atomic E-state index is 0.0694. The standard InChI is InChI=1S/C15H21NO3/c1-10(16-15(2,3)14(17)18-4)11-5-6-13-12(9-11)7-8-19-13/h5-6,9-10,16H,7-8H2,1-4H3. The number of carbonyl (C=O) groups is 1. The summed E-state index contributed by atoms with van der Waals surface area (Å²) in [6.45, 7) is 6.45. The minimum atomic E-state index is -0.705. The Balaban J connectivity index is 2.12. The molecule has 1 atom stereocenters. The van der Waals surface area contributed by atoms with Crippen molar-refractivity contribution in [1.29, 1.82) is 0 Å². The average Bonchev–Trinajstić information content (AvgIpc) is 2.84. The van der Waals surface area contributed by atoms with Gasteiger partial charge in [0.15, 0.2) is 0 Å². The molecule has 1 aliphatic rings. The van der Waals surface area contributed by atoms with Crippen LogP contribution in [0.3, 0.4) is 0 Å². The first-order chi connectivity index (χ1) is 8.94. The van der Waals surface area contributed by atoms with Gasteiger partial charge in [0.05, 0.1) is 13.7 Å². The molecule has 0 bridgehead atoms. The van der Waals surface area contributed by atoms with Crippen LogP contribution in [0.15, 0.2) is 18.2 Å². The Morgan fingerprint density at radius 3 is 2.89 bits per heavy atom. The summed E-state index contributed by atoms with van der Waals surface area (Å²) in [5.74, 6) is 0.715. The second-order valence-electron chi connectivity index (χ2n) is 5.45. The summed E-state index contributed by atoms with van der Waals surface area (Å²) in [4.78, 5) is 11.7. The number of carbonyl (C=O) groups excluding carboxylic acids is 1. The first kappa shape index (κ1) is 13.9. The molecule has 0 spiro atoms. The quantitative estimate of drug-likeness (QED) is 0.846. The number of rotatable bonds is 4. The van der Waals surface area contributed by atoms with Gasteiger partial charge in [-0.25, -0.2) is 0 Å². The van der Waals surface area contributed by atoms with Crippen LogP contribution in [0.2, 0.25) is 0 Å². The van der Waals surface area contributed by atoms with Crippen LogP contribution in [-0.4, -0.2) is 25.2 Å². The lowest BCUT2D eigenvalue weighted by molar-refractivity contribution is -0.147. The number of hydrogen-bond acceptors (Lipinski definition) is 4. The zero-order chi connectivity index (χ0) is 14.0. The SMILES string of the molecule is COC(=O)C(C)(C)NC(C)c1ccc2c(c1)CCO2. The van der Waals surface area contributed by atoms with E-state index in [1.54, 1.807) is 0 Å². The molecule has 1 unspecified atom stereocenters. The van der Waals surface area contributed by atoms with E-state index in [1.807, 2.05) is 32.9 Å². The highest BCUT2D eigenvalue weighted by Gasteiger charge is 2.30. The molecule has 104 valence electrons. The molecule has 1 N–H and O–H groups in total. The molecule has 1 aromatic carbocycles. The monoisotopic (exact) mass is 263 g/mol. The number of hydrogen-bond donors (Lipinski definition) is 1. The maximum atomic E-state index is 11.7. The second kappa shape index (κ2) is 5.21. The highest BCUT2D eigenvalue weighted by atomic mass is 16.5. The smallest absolute Gasteiger partial charge is 0.325 e. The van der Waals surface area contributed by atoms with Crippen LogP contribution in [0.25, 0.3) is 0 Å². The predicted molar refractivity (Wildman–Crippen MR) is 73.3 cm³/mol. The molecule has 2 rings (SSSR count). The predicted octanol–water partition coefficient (Wildman–Crippen LogP) is 2.22. The maximum Gasteiger partial charge on any atom is 0.325 e. The lowest BCUT2D eigenvalue weighted by atomic mass is 9.99. The van der Waals surface area contributed by atoms with Gasteiger partial charge in [-0.15, -0.1) is 0 Å². The molecule has 0 aromatic heterocycles. The Bertz CT molecular complexity index is 482. The molecule has 19 heavy (non-hydrogen) atoms. The van der Waals surface area contributed by atoms with Crippen molar-refractivity contribution in [3.05, 3.63) is 29.3 Å². The molecule has 0 aliphatic carbocycles. The van der Waals surface area contributed by atoms with Crippen molar-refractivity contribution in [3.63, 3.8) is 0 Å². The van der Waals surface area contributed by atoms with Gasteiger partial charge >= 0.3 is 5.97 Å². The molecule has 1 aromatic rings. The van der Waals surface area contributed by atoms with Crippen molar-refractivity contribution in [3.8, 4) is 5.75 Å². The minimum Gasteiger partial charge on any atom is -0.493 e. The molecule has 0 amide bonds. The van der Waals surface area contributed by atoms with Gasteiger partial charge in [0.1, 0.15) is 11.3 Å². The van der Waals surface area contributed by atoms with Gasteiger partial charge in [-0.1, -0.05) is 12.1 Å². The summed E-state index contributed by atoms with van der Waals surface area (Å²) in [5.41, 5.74) is 1.69. The topological polar surface area (TPSA) is 47.6 Å². The second-order valence-corrected chi connectivity index (χ2v) is 5.45. The van der Waals surface area contributed by atoms with Crippen molar-refractivity contribution in [2.24, 2.45) is 0 Å². The lowest BCUT2D eigenvalue weighted by Crippen LogP contribution is -2.48. The van der Waals surface area contributed by atoms with E-state index >= 15 is 0 Å². The molecule has 4 nitrogen and oxygen atoms in total. The number of ether oxygens (including phenoxy) is 2. The zero-order valence-corrected chi connectivity index (χ0v) is 11.9. The van der Waals surface area contributed by atoms with Crippen molar-refractivity contribution >= 4 is 5.97 Å². The summed E-state index contributed by atoms with van der Waals surface area (Å²) >= 11 is 0. The number of benzene rings is 1. The van der Waals surface area contributed by atoms with Crippen LogP contribution >= 0.6 is 0 Å². The van der Waals surface area contributed by atoms with Crippen molar-refractivity contribution in [1.82, 2.24) is 5.32 Å². The molecule has 0 radical (unpaired) electrons. The van der Waals surface area contributed by atoms with E-state index in [0.29, 0.717) is 0 Å². The van der Waals surface area contributed by atoms with Gasteiger partial charge in [0, 0.05) is 12.5 Å². The number of methoxy groups -OCH3 is 1. The largest absolute Gasteiger partial charge is 0.493 e. The van der Waals surface area contributed by atoms with Gasteiger partial charge in [0.25, 0.3) is 0 Å². The first-order valence-electron chi connectivity index (χ1n) is 6.56. The van der Waals surface area contributed by atoms with Crippen LogP contribution in [0.4, 0.5) is 0 Å². The van der Waals surface area contributed by atoms with Crippen LogP contribution in [0.5, 0.6) is 5.75 Å². The number of nitrogens with one attached hydrogen (secondary N) is 1. The molecule has 1 heterocycles. The highest BCUT2D eigenvalue weighted by molar-refractivity contribution is 5.79. The van der Waals surface area contributed by atoms with Gasteiger partial charge < -0.3 is 9.47 Å². The van der Waals surface area contributed by atoms with E-state index in [4.69, 9.17) is 9.47 Å². The van der Waals surface area contributed by atoms with E-state index < -0.39 is 5.54 Å². The van der Waals surface area contributed by atoms with E-state index in [1.165, 1.54) is 12.7 Å². The van der Waals surface area contributed by atoms with E-state index in [9.17, 15) is 4.79 Å². The van der Waals surface area contributed by atoms with Crippen molar-refractivity contribution < 1.29 is 14.3 Å². The molecule has 0 fully saturated rings. The fourth-order valence-corrected chi connectivity index (χ4v) is 2.41. The van der Waals surface area contributed by atoms with Crippen LogP contribution in [0.1, 0.15) is 37.9 Å². The lowest BCUT2D eigenvalue weighted by Gasteiger charge is -2.28. The Morgan fingerprint density at radius 2 is 2.21 bits per heavy atom. The maximum absolute atomic E-state index is 11.7. The summed E-state index contributed by atoms with van der Waals surface area (Å²) in [6.07, 6.45) is 0.955. The molecule has 0 saturated carbocycles. The Labute approximate surface area is 114 Å². The van der Waals surface area contributed by atoms with Crippen LogP contribution in [0, 0.1) is 0 Å². The van der Waals surface area contributed by atoms with Gasteiger partial charge in [-0.2, -0.15) is 0 Å². The summed E-state index contributed by atoms with van der Waals surface area (Å²) in [6, 6.07) is 6.25. The molecule has 0 saturated heterocycles. The summed E-state index contributed by atoms with van der Waals surface area (Å²) < 4.78 is 10.3. The third kappa shape index (κ3) is 2.89. The van der Waals surface area contributed by atoms with E-state index in [-0.39, 0.29) is 12.0 Å². The van der Waals surface area contributed by atoms with Crippen molar-refractivity contribution in [2.45, 2.75) is 38.8 Å². The van der Waals surface area contributed by atoms with Crippen LogP contribution < -0.4 is 10.1 Å². The first-order valence-corrected chi connectivity index (χ1v) is 6.56. The normalized spacial score (nSPS) is 15.6. The fourth-order valence-electron chi connectivity index (χ4n) is 2.41. The number of esters is 1. The highest BCUT2D eigenvalue weighted by Crippen LogP contribution is 2.28. The third-order valence-corrected chi connectivity index (χ3v) is 3.49. The number of fused-ring (bicyclic) bond motifs is 1. The van der Waals surface area contributed by atoms with Crippen LogP contribution in [-0.2, 0) is 16.0 Å². The Morgan fingerprint density at radius 1 is 1.47 bits per heavy atom. The summed E-state index contributed by atoms with van der Waals surface area (Å²) in [7, 11) is 1.41.